The summed E-state index contributed by atoms with van der Waals surface area (Å²) in [6.07, 6.45) is -1.22. The Hall–Kier alpha value is -2.71. The molecule has 2 fully saturated rings. The van der Waals surface area contributed by atoms with E-state index >= 15 is 0 Å². The number of morpholine rings is 1. The second-order valence-corrected chi connectivity index (χ2v) is 9.57. The van der Waals surface area contributed by atoms with Crippen molar-refractivity contribution in [1.29, 1.82) is 0 Å². The van der Waals surface area contributed by atoms with Crippen molar-refractivity contribution in [3.8, 4) is 11.5 Å². The van der Waals surface area contributed by atoms with Gasteiger partial charge in [-0.3, -0.25) is 9.69 Å². The molecular formula is C27H34F2N2O4. The van der Waals surface area contributed by atoms with Crippen LogP contribution in [0.3, 0.4) is 0 Å². The van der Waals surface area contributed by atoms with E-state index in [9.17, 15) is 13.6 Å². The maximum Gasteiger partial charge on any atom is 0.253 e. The lowest BCUT2D eigenvalue weighted by Crippen LogP contribution is -2.58. The van der Waals surface area contributed by atoms with Gasteiger partial charge in [0.05, 0.1) is 38.0 Å². The summed E-state index contributed by atoms with van der Waals surface area (Å²) in [6.45, 7) is 5.36. The highest BCUT2D eigenvalue weighted by Gasteiger charge is 2.44. The molecule has 0 N–H and O–H groups in total. The van der Waals surface area contributed by atoms with Crippen molar-refractivity contribution < 1.29 is 27.8 Å². The van der Waals surface area contributed by atoms with Crippen LogP contribution in [-0.4, -0.2) is 73.7 Å². The van der Waals surface area contributed by atoms with Crippen molar-refractivity contribution in [2.75, 3.05) is 39.9 Å². The molecule has 0 saturated carbocycles. The summed E-state index contributed by atoms with van der Waals surface area (Å²) in [4.78, 5) is 16.8. The molecular weight excluding hydrogens is 454 g/mol. The molecule has 2 heterocycles. The molecule has 4 rings (SSSR count). The number of rotatable bonds is 7. The first-order valence-electron chi connectivity index (χ1n) is 12.2. The van der Waals surface area contributed by atoms with Crippen LogP contribution in [0.15, 0.2) is 48.5 Å². The van der Waals surface area contributed by atoms with Crippen LogP contribution in [-0.2, 0) is 4.74 Å². The Morgan fingerprint density at radius 3 is 2.46 bits per heavy atom. The number of likely N-dealkylation sites (tertiary alicyclic amines) is 1. The zero-order chi connectivity index (χ0) is 25.0. The standard InChI is InChI=1S/C27H34F2N2O4/c1-19(2)35-23-10-9-21(15-24(23)33-3)26(32)30-13-11-27(12-14-30)18-31(16-25(28)29)22(17-34-27)20-7-5-4-6-8-20/h4-10,15,19,22,25H,11-14,16-18H2,1-3H3. The zero-order valence-electron chi connectivity index (χ0n) is 20.6. The van der Waals surface area contributed by atoms with Gasteiger partial charge in [-0.1, -0.05) is 30.3 Å². The van der Waals surface area contributed by atoms with E-state index in [2.05, 4.69) is 0 Å². The number of carbonyl (C=O) groups is 1. The summed E-state index contributed by atoms with van der Waals surface area (Å²) in [6, 6.07) is 14.7. The first-order valence-corrected chi connectivity index (χ1v) is 12.2. The maximum atomic E-state index is 13.4. The molecule has 0 aliphatic carbocycles. The van der Waals surface area contributed by atoms with Gasteiger partial charge in [-0.2, -0.15) is 0 Å². The van der Waals surface area contributed by atoms with Gasteiger partial charge in [-0.05, 0) is 50.5 Å². The number of ether oxygens (including phenoxy) is 3. The molecule has 8 heteroatoms. The number of alkyl halides is 2. The molecule has 2 aromatic rings. The van der Waals surface area contributed by atoms with Crippen LogP contribution in [0.5, 0.6) is 11.5 Å². The fraction of sp³-hybridized carbons (Fsp3) is 0.519. The van der Waals surface area contributed by atoms with Crippen LogP contribution in [0.1, 0.15) is 48.7 Å². The van der Waals surface area contributed by atoms with E-state index in [0.717, 1.165) is 5.56 Å². The predicted molar refractivity (Wildman–Crippen MR) is 129 cm³/mol. The van der Waals surface area contributed by atoms with Gasteiger partial charge in [0.25, 0.3) is 12.3 Å². The fourth-order valence-corrected chi connectivity index (χ4v) is 4.99. The lowest BCUT2D eigenvalue weighted by Gasteiger charge is -2.50. The number of methoxy groups -OCH3 is 1. The lowest BCUT2D eigenvalue weighted by atomic mass is 9.87. The summed E-state index contributed by atoms with van der Waals surface area (Å²) in [5, 5.41) is 0. The van der Waals surface area contributed by atoms with Crippen LogP contribution in [0.25, 0.3) is 0 Å². The normalized spacial score (nSPS) is 20.4. The van der Waals surface area contributed by atoms with Gasteiger partial charge in [-0.15, -0.1) is 0 Å². The van der Waals surface area contributed by atoms with Gasteiger partial charge in [0.15, 0.2) is 11.5 Å². The van der Waals surface area contributed by atoms with E-state index in [1.807, 2.05) is 49.1 Å². The molecule has 2 aliphatic rings. The summed E-state index contributed by atoms with van der Waals surface area (Å²) >= 11 is 0. The summed E-state index contributed by atoms with van der Waals surface area (Å²) in [7, 11) is 1.55. The minimum absolute atomic E-state index is 0.00893. The minimum Gasteiger partial charge on any atom is -0.493 e. The van der Waals surface area contributed by atoms with Crippen LogP contribution >= 0.6 is 0 Å². The van der Waals surface area contributed by atoms with Gasteiger partial charge >= 0.3 is 0 Å². The monoisotopic (exact) mass is 488 g/mol. The lowest BCUT2D eigenvalue weighted by molar-refractivity contribution is -0.161. The molecule has 35 heavy (non-hydrogen) atoms. The highest BCUT2D eigenvalue weighted by atomic mass is 19.3. The molecule has 0 bridgehead atoms. The molecule has 2 aliphatic heterocycles. The average Bonchev–Trinajstić information content (AvgIpc) is 2.84. The number of nitrogens with zero attached hydrogens (tertiary/aromatic N) is 2. The van der Waals surface area contributed by atoms with E-state index in [1.54, 1.807) is 30.2 Å². The average molecular weight is 489 g/mol. The smallest absolute Gasteiger partial charge is 0.253 e. The fourth-order valence-electron chi connectivity index (χ4n) is 4.99. The van der Waals surface area contributed by atoms with Gasteiger partial charge in [0.2, 0.25) is 0 Å². The molecule has 0 aromatic heterocycles. The Labute approximate surface area is 205 Å². The molecule has 2 aromatic carbocycles. The second kappa shape index (κ2) is 10.9. The molecule has 1 spiro atoms. The zero-order valence-corrected chi connectivity index (χ0v) is 20.6. The highest BCUT2D eigenvalue weighted by Crippen LogP contribution is 2.38. The first kappa shape index (κ1) is 25.4. The van der Waals surface area contributed by atoms with Crippen molar-refractivity contribution in [2.24, 2.45) is 0 Å². The number of halogens is 2. The molecule has 1 unspecified atom stereocenters. The number of benzene rings is 2. The number of carbonyl (C=O) groups excluding carboxylic acids is 1. The highest BCUT2D eigenvalue weighted by molar-refractivity contribution is 5.95. The Morgan fingerprint density at radius 2 is 1.83 bits per heavy atom. The van der Waals surface area contributed by atoms with Crippen molar-refractivity contribution in [2.45, 2.75) is 50.9 Å². The Morgan fingerprint density at radius 1 is 1.11 bits per heavy atom. The Kier molecular flexibility index (Phi) is 7.91. The topological polar surface area (TPSA) is 51.2 Å². The predicted octanol–water partition coefficient (Wildman–Crippen LogP) is 4.80. The van der Waals surface area contributed by atoms with Gasteiger partial charge < -0.3 is 19.1 Å². The van der Waals surface area contributed by atoms with E-state index in [-0.39, 0.29) is 24.6 Å². The summed E-state index contributed by atoms with van der Waals surface area (Å²) in [5.74, 6) is 1.03. The van der Waals surface area contributed by atoms with Crippen molar-refractivity contribution in [3.63, 3.8) is 0 Å². The SMILES string of the molecule is COc1cc(C(=O)N2CCC3(CC2)CN(CC(F)F)C(c2ccccc2)CO3)ccc1OC(C)C. The molecule has 6 nitrogen and oxygen atoms in total. The molecule has 190 valence electrons. The quantitative estimate of drug-likeness (QED) is 0.561. The van der Waals surface area contributed by atoms with Gasteiger partial charge in [0.1, 0.15) is 0 Å². The summed E-state index contributed by atoms with van der Waals surface area (Å²) in [5.41, 5.74) is 0.986. The van der Waals surface area contributed by atoms with Crippen molar-refractivity contribution in [3.05, 3.63) is 59.7 Å². The van der Waals surface area contributed by atoms with Crippen LogP contribution < -0.4 is 9.47 Å². The summed E-state index contributed by atoms with van der Waals surface area (Å²) < 4.78 is 44.4. The van der Waals surface area contributed by atoms with E-state index in [1.165, 1.54) is 0 Å². The number of amides is 1. The molecule has 2 saturated heterocycles. The van der Waals surface area contributed by atoms with Gasteiger partial charge in [0, 0.05) is 25.2 Å². The number of piperidine rings is 1. The van der Waals surface area contributed by atoms with E-state index in [4.69, 9.17) is 14.2 Å². The maximum absolute atomic E-state index is 13.4. The molecule has 1 amide bonds. The molecule has 1 atom stereocenters. The van der Waals surface area contributed by atoms with E-state index < -0.39 is 12.0 Å². The van der Waals surface area contributed by atoms with Gasteiger partial charge in [-0.25, -0.2) is 8.78 Å². The van der Waals surface area contributed by atoms with E-state index in [0.29, 0.717) is 56.1 Å². The molecule has 0 radical (unpaired) electrons. The number of hydrogen-bond acceptors (Lipinski definition) is 5. The second-order valence-electron chi connectivity index (χ2n) is 9.57. The third kappa shape index (κ3) is 5.93. The largest absolute Gasteiger partial charge is 0.493 e. The van der Waals surface area contributed by atoms with Crippen LogP contribution in [0.2, 0.25) is 0 Å². The third-order valence-electron chi connectivity index (χ3n) is 6.77. The van der Waals surface area contributed by atoms with Crippen molar-refractivity contribution in [1.82, 2.24) is 9.80 Å². The van der Waals surface area contributed by atoms with Crippen LogP contribution in [0.4, 0.5) is 8.78 Å². The first-order chi connectivity index (χ1) is 16.8. The van der Waals surface area contributed by atoms with Crippen LogP contribution in [0, 0.1) is 0 Å². The third-order valence-corrected chi connectivity index (χ3v) is 6.77. The Bertz CT molecular complexity index is 994. The van der Waals surface area contributed by atoms with Crippen molar-refractivity contribution >= 4 is 5.91 Å². The minimum atomic E-state index is -2.42. The Balaban J connectivity index is 1.42. The number of hydrogen-bond donors (Lipinski definition) is 0.